The summed E-state index contributed by atoms with van der Waals surface area (Å²) in [6, 6.07) is 17.8. The Morgan fingerprint density at radius 2 is 1.42 bits per heavy atom. The first kappa shape index (κ1) is 16.4. The Morgan fingerprint density at radius 3 is 1.88 bits per heavy atom. The van der Waals surface area contributed by atoms with Crippen LogP contribution < -0.4 is 5.32 Å². The lowest BCUT2D eigenvalue weighted by atomic mass is 9.85. The van der Waals surface area contributed by atoms with Crippen LogP contribution in [-0.2, 0) is 10.4 Å². The van der Waals surface area contributed by atoms with Gasteiger partial charge in [0.05, 0.1) is 18.1 Å². The van der Waals surface area contributed by atoms with E-state index in [1.54, 1.807) is 60.9 Å². The molecule has 26 heavy (non-hydrogen) atoms. The van der Waals surface area contributed by atoms with Crippen molar-refractivity contribution in [2.45, 2.75) is 24.4 Å². The minimum Gasteiger partial charge on any atom is -0.372 e. The predicted molar refractivity (Wildman–Crippen MR) is 98.5 cm³/mol. The third-order valence-corrected chi connectivity index (χ3v) is 4.58. The molecule has 0 unspecified atom stereocenters. The largest absolute Gasteiger partial charge is 0.372 e. The normalized spacial score (nSPS) is 14.0. The summed E-state index contributed by atoms with van der Waals surface area (Å²) in [5.74, 6) is 0.715. The van der Waals surface area contributed by atoms with Crippen LogP contribution in [0.1, 0.15) is 35.7 Å². The van der Waals surface area contributed by atoms with E-state index in [1.807, 2.05) is 12.1 Å². The van der Waals surface area contributed by atoms with Gasteiger partial charge in [0, 0.05) is 5.92 Å². The first-order valence-corrected chi connectivity index (χ1v) is 8.65. The van der Waals surface area contributed by atoms with Crippen LogP contribution in [0.3, 0.4) is 0 Å². The Balaban J connectivity index is 1.66. The van der Waals surface area contributed by atoms with E-state index in [0.717, 1.165) is 18.7 Å². The molecule has 2 aromatic carbocycles. The maximum Gasteiger partial charge on any atom is 0.265 e. The molecule has 1 aliphatic carbocycles. The molecule has 1 saturated carbocycles. The Bertz CT molecular complexity index is 852. The summed E-state index contributed by atoms with van der Waals surface area (Å²) in [4.78, 5) is 21.7. The van der Waals surface area contributed by atoms with E-state index in [4.69, 9.17) is 0 Å². The lowest BCUT2D eigenvalue weighted by Crippen LogP contribution is -2.41. The highest BCUT2D eigenvalue weighted by Crippen LogP contribution is 2.38. The van der Waals surface area contributed by atoms with Crippen LogP contribution in [-0.4, -0.2) is 21.0 Å². The van der Waals surface area contributed by atoms with Crippen molar-refractivity contribution in [2.75, 3.05) is 5.32 Å². The van der Waals surface area contributed by atoms with Gasteiger partial charge < -0.3 is 10.4 Å². The third-order valence-electron chi connectivity index (χ3n) is 4.58. The van der Waals surface area contributed by atoms with Crippen molar-refractivity contribution in [2.24, 2.45) is 0 Å². The lowest BCUT2D eigenvalue weighted by Gasteiger charge is -2.28. The number of aromatic nitrogens is 2. The number of amides is 1. The molecule has 2 N–H and O–H groups in total. The van der Waals surface area contributed by atoms with Gasteiger partial charge in [-0.2, -0.15) is 0 Å². The zero-order valence-corrected chi connectivity index (χ0v) is 14.2. The highest BCUT2D eigenvalue weighted by molar-refractivity contribution is 6.00. The number of carbonyl (C=O) groups excluding carboxylic acids is 1. The number of anilines is 1. The van der Waals surface area contributed by atoms with E-state index in [9.17, 15) is 9.90 Å². The average molecular weight is 345 g/mol. The molecule has 1 amide bonds. The fourth-order valence-electron chi connectivity index (χ4n) is 2.96. The van der Waals surface area contributed by atoms with Crippen LogP contribution in [0.5, 0.6) is 0 Å². The monoisotopic (exact) mass is 345 g/mol. The van der Waals surface area contributed by atoms with Crippen LogP contribution in [0.25, 0.3) is 0 Å². The average Bonchev–Trinajstić information content (AvgIpc) is 3.54. The molecule has 130 valence electrons. The highest BCUT2D eigenvalue weighted by atomic mass is 16.3. The van der Waals surface area contributed by atoms with Crippen molar-refractivity contribution >= 4 is 11.6 Å². The van der Waals surface area contributed by atoms with Crippen LogP contribution in [0.2, 0.25) is 0 Å². The topological polar surface area (TPSA) is 75.1 Å². The molecule has 0 saturated heterocycles. The van der Waals surface area contributed by atoms with Gasteiger partial charge in [-0.25, -0.2) is 9.97 Å². The molecule has 5 heteroatoms. The number of hydrogen-bond acceptors (Lipinski definition) is 4. The summed E-state index contributed by atoms with van der Waals surface area (Å²) >= 11 is 0. The highest BCUT2D eigenvalue weighted by Gasteiger charge is 2.40. The summed E-state index contributed by atoms with van der Waals surface area (Å²) in [7, 11) is 0. The zero-order valence-electron chi connectivity index (χ0n) is 14.2. The second kappa shape index (κ2) is 6.69. The summed E-state index contributed by atoms with van der Waals surface area (Å²) in [6.45, 7) is 0. The summed E-state index contributed by atoms with van der Waals surface area (Å²) < 4.78 is 0. The molecule has 0 bridgehead atoms. The maximum atomic E-state index is 13.0. The first-order valence-electron chi connectivity index (χ1n) is 8.65. The molecule has 1 aliphatic rings. The molecule has 0 aliphatic heterocycles. The van der Waals surface area contributed by atoms with Crippen molar-refractivity contribution in [3.05, 3.63) is 90.0 Å². The van der Waals surface area contributed by atoms with E-state index in [0.29, 0.717) is 22.7 Å². The van der Waals surface area contributed by atoms with Gasteiger partial charge >= 0.3 is 0 Å². The van der Waals surface area contributed by atoms with E-state index >= 15 is 0 Å². The quantitative estimate of drug-likeness (QED) is 0.744. The van der Waals surface area contributed by atoms with Crippen molar-refractivity contribution in [1.82, 2.24) is 9.97 Å². The first-order chi connectivity index (χ1) is 12.7. The van der Waals surface area contributed by atoms with Gasteiger partial charge in [0.15, 0.2) is 5.60 Å². The molecule has 0 atom stereocenters. The van der Waals surface area contributed by atoms with E-state index in [2.05, 4.69) is 15.3 Å². The van der Waals surface area contributed by atoms with Gasteiger partial charge in [-0.1, -0.05) is 60.7 Å². The Labute approximate surface area is 151 Å². The second-order valence-electron chi connectivity index (χ2n) is 6.50. The molecule has 5 nitrogen and oxygen atoms in total. The fraction of sp³-hybridized carbons (Fsp3) is 0.190. The van der Waals surface area contributed by atoms with Crippen molar-refractivity contribution in [3.8, 4) is 0 Å². The van der Waals surface area contributed by atoms with Crippen LogP contribution in [0, 0.1) is 0 Å². The Kier molecular flexibility index (Phi) is 4.22. The van der Waals surface area contributed by atoms with E-state index in [-0.39, 0.29) is 0 Å². The minimum absolute atomic E-state index is 0.449. The fourth-order valence-corrected chi connectivity index (χ4v) is 2.96. The van der Waals surface area contributed by atoms with Crippen LogP contribution >= 0.6 is 0 Å². The van der Waals surface area contributed by atoms with Crippen molar-refractivity contribution in [3.63, 3.8) is 0 Å². The van der Waals surface area contributed by atoms with Crippen molar-refractivity contribution in [1.29, 1.82) is 0 Å². The molecule has 1 fully saturated rings. The smallest absolute Gasteiger partial charge is 0.265 e. The molecule has 1 aromatic heterocycles. The summed E-state index contributed by atoms with van der Waals surface area (Å²) in [5.41, 5.74) is -0.347. The van der Waals surface area contributed by atoms with Crippen LogP contribution in [0.4, 0.5) is 5.69 Å². The molecule has 1 heterocycles. The van der Waals surface area contributed by atoms with Gasteiger partial charge in [0.2, 0.25) is 0 Å². The number of aliphatic hydroxyl groups is 1. The lowest BCUT2D eigenvalue weighted by molar-refractivity contribution is -0.131. The van der Waals surface area contributed by atoms with E-state index < -0.39 is 11.5 Å². The summed E-state index contributed by atoms with van der Waals surface area (Å²) in [5, 5.41) is 14.1. The van der Waals surface area contributed by atoms with Gasteiger partial charge in [0.1, 0.15) is 5.82 Å². The molecule has 0 radical (unpaired) electrons. The number of rotatable bonds is 5. The third kappa shape index (κ3) is 3.09. The minimum atomic E-state index is -1.81. The predicted octanol–water partition coefficient (Wildman–Crippen LogP) is 3.23. The molecule has 0 spiro atoms. The van der Waals surface area contributed by atoms with Crippen LogP contribution in [0.15, 0.2) is 73.1 Å². The second-order valence-corrected chi connectivity index (χ2v) is 6.50. The SMILES string of the molecule is O=C(Nc1cnc(C2CC2)nc1)C(O)(c1ccccc1)c1ccccc1. The molecular formula is C21H19N3O2. The van der Waals surface area contributed by atoms with Gasteiger partial charge in [-0.15, -0.1) is 0 Å². The van der Waals surface area contributed by atoms with E-state index in [1.165, 1.54) is 0 Å². The maximum absolute atomic E-state index is 13.0. The molecule has 4 rings (SSSR count). The number of hydrogen-bond donors (Lipinski definition) is 2. The van der Waals surface area contributed by atoms with Crippen molar-refractivity contribution < 1.29 is 9.90 Å². The Morgan fingerprint density at radius 1 is 0.923 bits per heavy atom. The zero-order chi connectivity index (χ0) is 18.0. The number of benzene rings is 2. The number of nitrogens with zero attached hydrogens (tertiary/aromatic N) is 2. The van der Waals surface area contributed by atoms with Gasteiger partial charge in [-0.3, -0.25) is 4.79 Å². The molecular weight excluding hydrogens is 326 g/mol. The standard InChI is InChI=1S/C21H19N3O2/c25-20(24-18-13-22-19(23-14-18)15-11-12-15)21(26,16-7-3-1-4-8-16)17-9-5-2-6-10-17/h1-10,13-15,26H,11-12H2,(H,24,25). The van der Waals surface area contributed by atoms with Gasteiger partial charge in [-0.05, 0) is 24.0 Å². The number of nitrogens with one attached hydrogen (secondary N) is 1. The Hall–Kier alpha value is -3.05. The molecule has 3 aromatic rings. The number of carbonyl (C=O) groups is 1. The summed E-state index contributed by atoms with van der Waals surface area (Å²) in [6.07, 6.45) is 5.42. The van der Waals surface area contributed by atoms with Gasteiger partial charge in [0.25, 0.3) is 5.91 Å².